The normalized spacial score (nSPS) is 21.2. The summed E-state index contributed by atoms with van der Waals surface area (Å²) < 4.78 is 0. The lowest BCUT2D eigenvalue weighted by molar-refractivity contribution is 0.0362. The van der Waals surface area contributed by atoms with Gasteiger partial charge in [0.1, 0.15) is 5.45 Å². The Morgan fingerprint density at radius 2 is 1.71 bits per heavy atom. The molecule has 2 atom stereocenters. The van der Waals surface area contributed by atoms with Crippen LogP contribution >= 0.6 is 19.5 Å². The molecule has 2 aromatic rings. The van der Waals surface area contributed by atoms with E-state index in [0.29, 0.717) is 0 Å². The first-order chi connectivity index (χ1) is 10.2. The maximum Gasteiger partial charge on any atom is 0.208 e. The predicted octanol–water partition coefficient (Wildman–Crippen LogP) is 3.68. The number of hydrogen-bond acceptors (Lipinski definition) is 3. The summed E-state index contributed by atoms with van der Waals surface area (Å²) in [5, 5.41) is 6.35. The Hall–Kier alpha value is -1.41. The van der Waals surface area contributed by atoms with E-state index in [1.807, 2.05) is 44.4 Å². The third-order valence-corrected chi connectivity index (χ3v) is 6.16. The van der Waals surface area contributed by atoms with Gasteiger partial charge in [-0.3, -0.25) is 4.90 Å². The number of nitrogens with zero attached hydrogens (tertiary/aromatic N) is 2. The molecule has 0 aliphatic carbocycles. The lowest BCUT2D eigenvalue weighted by atomic mass is 10.2. The molecule has 0 N–H and O–H groups in total. The molecule has 21 heavy (non-hydrogen) atoms. The van der Waals surface area contributed by atoms with Crippen molar-refractivity contribution >= 4 is 30.3 Å². The first-order valence-electron chi connectivity index (χ1n) is 6.67. The van der Waals surface area contributed by atoms with Crippen LogP contribution in [0.4, 0.5) is 0 Å². The van der Waals surface area contributed by atoms with E-state index >= 15 is 0 Å². The Kier molecular flexibility index (Phi) is 4.25. The van der Waals surface area contributed by atoms with Gasteiger partial charge in [-0.15, -0.1) is 0 Å². The van der Waals surface area contributed by atoms with Gasteiger partial charge in [-0.25, -0.2) is 0 Å². The van der Waals surface area contributed by atoms with E-state index in [1.165, 1.54) is 5.30 Å². The third-order valence-electron chi connectivity index (χ3n) is 3.26. The zero-order chi connectivity index (χ0) is 14.8. The summed E-state index contributed by atoms with van der Waals surface area (Å²) in [6.45, 7) is 0. The van der Waals surface area contributed by atoms with Crippen LogP contribution in [0.2, 0.25) is 5.02 Å². The van der Waals surface area contributed by atoms with Gasteiger partial charge in [-0.05, 0) is 31.5 Å². The average molecular weight is 319 g/mol. The molecule has 1 heterocycles. The van der Waals surface area contributed by atoms with E-state index in [4.69, 9.17) is 16.4 Å². The molecule has 2 aromatic carbocycles. The molecular formula is C16H16ClN2OP. The summed E-state index contributed by atoms with van der Waals surface area (Å²) in [5.41, 5.74) is 2.07. The molecule has 0 fully saturated rings. The van der Waals surface area contributed by atoms with Gasteiger partial charge in [0.2, 0.25) is 5.97 Å². The quantitative estimate of drug-likeness (QED) is 0.806. The van der Waals surface area contributed by atoms with E-state index in [-0.39, 0.29) is 5.97 Å². The fourth-order valence-corrected chi connectivity index (χ4v) is 4.74. The molecule has 0 saturated heterocycles. The fraction of sp³-hybridized carbons (Fsp3) is 0.188. The van der Waals surface area contributed by atoms with E-state index < -0.39 is 7.92 Å². The van der Waals surface area contributed by atoms with Crippen LogP contribution in [0.25, 0.3) is 0 Å². The molecule has 0 amide bonds. The second kappa shape index (κ2) is 6.15. The molecular weight excluding hydrogens is 303 g/mol. The summed E-state index contributed by atoms with van der Waals surface area (Å²) in [4.78, 5) is 7.76. The van der Waals surface area contributed by atoms with Gasteiger partial charge in [0.25, 0.3) is 0 Å². The summed E-state index contributed by atoms with van der Waals surface area (Å²) in [6, 6.07) is 18.2. The van der Waals surface area contributed by atoms with Gasteiger partial charge in [-0.1, -0.05) is 59.2 Å². The van der Waals surface area contributed by atoms with Crippen molar-refractivity contribution in [1.82, 2.24) is 4.90 Å². The van der Waals surface area contributed by atoms with Gasteiger partial charge in [-0.2, -0.15) is 0 Å². The second-order valence-electron chi connectivity index (χ2n) is 5.02. The molecule has 0 bridgehead atoms. The lowest BCUT2D eigenvalue weighted by Gasteiger charge is -2.24. The standard InChI is InChI=1S/C16H16ClN2OP/c1-19(2)16-20-18-15(12-8-10-13(17)11-9-12)21(16)14-6-4-3-5-7-14/h3-11,16H,1-2H3/t16-,21?/m1/s1. The smallest absolute Gasteiger partial charge is 0.208 e. The molecule has 3 rings (SSSR count). The predicted molar refractivity (Wildman–Crippen MR) is 89.5 cm³/mol. The van der Waals surface area contributed by atoms with Crippen LogP contribution in [-0.2, 0) is 4.84 Å². The number of oxime groups is 1. The highest BCUT2D eigenvalue weighted by Gasteiger charge is 2.37. The Morgan fingerprint density at radius 3 is 2.33 bits per heavy atom. The number of hydrogen-bond donors (Lipinski definition) is 0. The molecule has 1 unspecified atom stereocenters. The topological polar surface area (TPSA) is 24.8 Å². The second-order valence-corrected chi connectivity index (χ2v) is 7.58. The minimum atomic E-state index is -0.682. The Balaban J connectivity index is 2.01. The molecule has 0 saturated carbocycles. The number of rotatable bonds is 3. The maximum atomic E-state index is 5.98. The molecule has 108 valence electrons. The molecule has 0 aromatic heterocycles. The van der Waals surface area contributed by atoms with Crippen LogP contribution in [0.5, 0.6) is 0 Å². The lowest BCUT2D eigenvalue weighted by Crippen LogP contribution is -2.29. The maximum absolute atomic E-state index is 5.98. The van der Waals surface area contributed by atoms with Crippen LogP contribution in [0, 0.1) is 0 Å². The molecule has 0 spiro atoms. The van der Waals surface area contributed by atoms with Gasteiger partial charge < -0.3 is 4.84 Å². The fourth-order valence-electron chi connectivity index (χ4n) is 2.25. The van der Waals surface area contributed by atoms with Crippen molar-refractivity contribution in [2.75, 3.05) is 14.1 Å². The van der Waals surface area contributed by atoms with Crippen LogP contribution in [0.1, 0.15) is 5.56 Å². The van der Waals surface area contributed by atoms with Crippen molar-refractivity contribution in [3.63, 3.8) is 0 Å². The Labute approximate surface area is 130 Å². The highest BCUT2D eigenvalue weighted by atomic mass is 35.5. The molecule has 1 aliphatic heterocycles. The zero-order valence-corrected chi connectivity index (χ0v) is 13.6. The minimum absolute atomic E-state index is 0.0342. The SMILES string of the molecule is CN(C)[C@@H]1ON=C(c2ccc(Cl)cc2)P1c1ccccc1. The van der Waals surface area contributed by atoms with E-state index in [9.17, 15) is 0 Å². The largest absolute Gasteiger partial charge is 0.370 e. The summed E-state index contributed by atoms with van der Waals surface area (Å²) in [6.07, 6.45) is 0. The van der Waals surface area contributed by atoms with E-state index in [1.54, 1.807) is 0 Å². The first kappa shape index (κ1) is 14.5. The average Bonchev–Trinajstić information content (AvgIpc) is 2.94. The van der Waals surface area contributed by atoms with Gasteiger partial charge in [0.15, 0.2) is 0 Å². The van der Waals surface area contributed by atoms with Crippen LogP contribution in [0.3, 0.4) is 0 Å². The first-order valence-corrected chi connectivity index (χ1v) is 8.46. The van der Waals surface area contributed by atoms with Crippen molar-refractivity contribution < 1.29 is 4.84 Å². The van der Waals surface area contributed by atoms with Crippen LogP contribution in [-0.4, -0.2) is 30.4 Å². The summed E-state index contributed by atoms with van der Waals surface area (Å²) in [5.74, 6) is -0.0342. The van der Waals surface area contributed by atoms with Crippen LogP contribution in [0.15, 0.2) is 59.8 Å². The third kappa shape index (κ3) is 2.96. The van der Waals surface area contributed by atoms with E-state index in [2.05, 4.69) is 34.3 Å². The summed E-state index contributed by atoms with van der Waals surface area (Å²) >= 11 is 5.98. The molecule has 0 radical (unpaired) electrons. The molecule has 1 aliphatic rings. The van der Waals surface area contributed by atoms with Crippen molar-refractivity contribution in [1.29, 1.82) is 0 Å². The summed E-state index contributed by atoms with van der Waals surface area (Å²) in [7, 11) is 3.35. The Morgan fingerprint density at radius 1 is 1.05 bits per heavy atom. The Bertz CT molecular complexity index is 643. The minimum Gasteiger partial charge on any atom is -0.370 e. The van der Waals surface area contributed by atoms with Crippen LogP contribution < -0.4 is 5.30 Å². The number of benzene rings is 2. The highest BCUT2D eigenvalue weighted by Crippen LogP contribution is 2.49. The zero-order valence-electron chi connectivity index (χ0n) is 11.9. The van der Waals surface area contributed by atoms with E-state index in [0.717, 1.165) is 16.0 Å². The highest BCUT2D eigenvalue weighted by molar-refractivity contribution is 7.83. The molecule has 5 heteroatoms. The number of halogens is 1. The van der Waals surface area contributed by atoms with Crippen molar-refractivity contribution in [3.8, 4) is 0 Å². The van der Waals surface area contributed by atoms with Crippen molar-refractivity contribution in [2.45, 2.75) is 5.97 Å². The molecule has 3 nitrogen and oxygen atoms in total. The van der Waals surface area contributed by atoms with Gasteiger partial charge in [0, 0.05) is 18.5 Å². The van der Waals surface area contributed by atoms with Gasteiger partial charge >= 0.3 is 0 Å². The van der Waals surface area contributed by atoms with Crippen molar-refractivity contribution in [3.05, 3.63) is 65.2 Å². The van der Waals surface area contributed by atoms with Crippen molar-refractivity contribution in [2.24, 2.45) is 5.16 Å². The monoisotopic (exact) mass is 318 g/mol. The van der Waals surface area contributed by atoms with Gasteiger partial charge in [0.05, 0.1) is 0 Å².